The molecule has 0 radical (unpaired) electrons. The summed E-state index contributed by atoms with van der Waals surface area (Å²) in [6.07, 6.45) is 8.87. The molecule has 5 nitrogen and oxygen atoms in total. The molecule has 0 aromatic heterocycles. The predicted molar refractivity (Wildman–Crippen MR) is 111 cm³/mol. The molecule has 1 heterocycles. The molecule has 3 atom stereocenters. The summed E-state index contributed by atoms with van der Waals surface area (Å²) >= 11 is 0. The van der Waals surface area contributed by atoms with E-state index < -0.39 is 6.10 Å². The van der Waals surface area contributed by atoms with Crippen molar-refractivity contribution in [2.75, 3.05) is 14.2 Å². The maximum absolute atomic E-state index is 10.6. The second-order valence-electron chi connectivity index (χ2n) is 9.00. The summed E-state index contributed by atoms with van der Waals surface area (Å²) < 4.78 is 25.3. The van der Waals surface area contributed by atoms with Crippen molar-refractivity contribution >= 4 is 0 Å². The van der Waals surface area contributed by atoms with E-state index in [9.17, 15) is 5.11 Å². The third-order valence-electron chi connectivity index (χ3n) is 7.48. The molecule has 5 heteroatoms. The SMILES string of the molecule is COC1([C@@H]2OC(CC[C@H](O)c3ccccc3)O[C@H]2C2(OC)CCCC2)CCCC1. The van der Waals surface area contributed by atoms with E-state index in [1.165, 1.54) is 0 Å². The zero-order valence-corrected chi connectivity index (χ0v) is 17.8. The van der Waals surface area contributed by atoms with Crippen LogP contribution in [0.3, 0.4) is 0 Å². The Kier molecular flexibility index (Phi) is 6.62. The number of aliphatic hydroxyl groups excluding tert-OH is 1. The first-order chi connectivity index (χ1) is 14.1. The van der Waals surface area contributed by atoms with Crippen LogP contribution in [0, 0.1) is 0 Å². The molecular formula is C24H36O5. The van der Waals surface area contributed by atoms with Gasteiger partial charge >= 0.3 is 0 Å². The molecule has 162 valence electrons. The molecule has 3 aliphatic rings. The van der Waals surface area contributed by atoms with Crippen LogP contribution in [0.5, 0.6) is 0 Å². The summed E-state index contributed by atoms with van der Waals surface area (Å²) in [4.78, 5) is 0. The van der Waals surface area contributed by atoms with Gasteiger partial charge in [-0.25, -0.2) is 0 Å². The van der Waals surface area contributed by atoms with Gasteiger partial charge in [-0.15, -0.1) is 0 Å². The molecule has 1 N–H and O–H groups in total. The first-order valence-electron chi connectivity index (χ1n) is 11.3. The van der Waals surface area contributed by atoms with Crippen molar-refractivity contribution in [3.8, 4) is 0 Å². The van der Waals surface area contributed by atoms with Gasteiger partial charge in [-0.1, -0.05) is 56.0 Å². The van der Waals surface area contributed by atoms with E-state index in [-0.39, 0.29) is 29.7 Å². The second kappa shape index (κ2) is 9.03. The molecule has 0 bridgehead atoms. The Bertz CT molecular complexity index is 604. The lowest BCUT2D eigenvalue weighted by Crippen LogP contribution is -2.56. The molecular weight excluding hydrogens is 368 g/mol. The second-order valence-corrected chi connectivity index (χ2v) is 9.00. The summed E-state index contributed by atoms with van der Waals surface area (Å²) in [7, 11) is 3.62. The molecule has 1 saturated heterocycles. The maximum Gasteiger partial charge on any atom is 0.159 e. The number of hydrogen-bond acceptors (Lipinski definition) is 5. The zero-order chi connectivity index (χ0) is 20.3. The minimum atomic E-state index is -0.508. The van der Waals surface area contributed by atoms with Crippen LogP contribution in [-0.4, -0.2) is 49.0 Å². The number of aliphatic hydroxyl groups is 1. The van der Waals surface area contributed by atoms with Crippen LogP contribution in [0.25, 0.3) is 0 Å². The van der Waals surface area contributed by atoms with Crippen molar-refractivity contribution in [1.29, 1.82) is 0 Å². The van der Waals surface area contributed by atoms with E-state index in [1.54, 1.807) is 0 Å². The van der Waals surface area contributed by atoms with Crippen LogP contribution in [0.2, 0.25) is 0 Å². The summed E-state index contributed by atoms with van der Waals surface area (Å²) in [5.74, 6) is 0. The summed E-state index contributed by atoms with van der Waals surface area (Å²) in [6, 6.07) is 9.80. The fourth-order valence-electron chi connectivity index (χ4n) is 5.73. The minimum Gasteiger partial charge on any atom is -0.388 e. The van der Waals surface area contributed by atoms with Gasteiger partial charge in [0.15, 0.2) is 6.29 Å². The van der Waals surface area contributed by atoms with Crippen molar-refractivity contribution in [1.82, 2.24) is 0 Å². The average molecular weight is 405 g/mol. The van der Waals surface area contributed by atoms with Gasteiger partial charge in [0.2, 0.25) is 0 Å². The van der Waals surface area contributed by atoms with Gasteiger partial charge in [0, 0.05) is 20.6 Å². The Labute approximate surface area is 174 Å². The normalized spacial score (nSPS) is 30.0. The van der Waals surface area contributed by atoms with Crippen molar-refractivity contribution < 1.29 is 24.1 Å². The predicted octanol–water partition coefficient (Wildman–Crippen LogP) is 4.53. The van der Waals surface area contributed by atoms with Crippen molar-refractivity contribution in [2.45, 2.75) is 100 Å². The van der Waals surface area contributed by atoms with Gasteiger partial charge in [0.1, 0.15) is 12.2 Å². The Morgan fingerprint density at radius 2 is 1.38 bits per heavy atom. The molecule has 3 fully saturated rings. The molecule has 1 aromatic rings. The molecule has 0 spiro atoms. The van der Waals surface area contributed by atoms with E-state index in [0.29, 0.717) is 12.8 Å². The van der Waals surface area contributed by atoms with Gasteiger partial charge in [-0.2, -0.15) is 0 Å². The summed E-state index contributed by atoms with van der Waals surface area (Å²) in [5.41, 5.74) is 0.365. The number of rotatable bonds is 8. The van der Waals surface area contributed by atoms with E-state index >= 15 is 0 Å². The average Bonchev–Trinajstić information content (AvgIpc) is 3.52. The molecule has 1 aliphatic heterocycles. The van der Waals surface area contributed by atoms with Crippen molar-refractivity contribution in [3.05, 3.63) is 35.9 Å². The fourth-order valence-corrected chi connectivity index (χ4v) is 5.73. The van der Waals surface area contributed by atoms with Crippen molar-refractivity contribution in [3.63, 3.8) is 0 Å². The largest absolute Gasteiger partial charge is 0.388 e. The third-order valence-corrected chi connectivity index (χ3v) is 7.48. The lowest BCUT2D eigenvalue weighted by atomic mass is 9.81. The van der Waals surface area contributed by atoms with Crippen LogP contribution in [-0.2, 0) is 18.9 Å². The van der Waals surface area contributed by atoms with Gasteiger partial charge in [-0.05, 0) is 37.7 Å². The standard InChI is InChI=1S/C24H36O5/c1-26-23(14-6-7-15-23)21-22(24(27-2)16-8-9-17-24)29-20(28-21)13-12-19(25)18-10-4-3-5-11-18/h3-5,10-11,19-22,25H,6-9,12-17H2,1-2H3/t19-,21+,22+/m0/s1. The number of methoxy groups -OCH3 is 2. The van der Waals surface area contributed by atoms with Crippen molar-refractivity contribution in [2.24, 2.45) is 0 Å². The number of benzene rings is 1. The number of hydrogen-bond donors (Lipinski definition) is 1. The Morgan fingerprint density at radius 1 is 0.897 bits per heavy atom. The highest BCUT2D eigenvalue weighted by molar-refractivity contribution is 5.17. The maximum atomic E-state index is 10.6. The highest BCUT2D eigenvalue weighted by Gasteiger charge is 2.59. The van der Waals surface area contributed by atoms with E-state index in [2.05, 4.69) is 0 Å². The fraction of sp³-hybridized carbons (Fsp3) is 0.750. The first kappa shape index (κ1) is 21.3. The van der Waals surface area contributed by atoms with Crippen LogP contribution in [0.1, 0.15) is 75.9 Å². The van der Waals surface area contributed by atoms with Crippen LogP contribution >= 0.6 is 0 Å². The summed E-state index contributed by atoms with van der Waals surface area (Å²) in [6.45, 7) is 0. The topological polar surface area (TPSA) is 57.2 Å². The highest BCUT2D eigenvalue weighted by Crippen LogP contribution is 2.49. The van der Waals surface area contributed by atoms with Gasteiger partial charge < -0.3 is 24.1 Å². The minimum absolute atomic E-state index is 0.119. The lowest BCUT2D eigenvalue weighted by molar-refractivity contribution is -0.153. The quantitative estimate of drug-likeness (QED) is 0.690. The Balaban J connectivity index is 1.49. The Morgan fingerprint density at radius 3 is 1.83 bits per heavy atom. The molecule has 2 saturated carbocycles. The molecule has 4 rings (SSSR count). The smallest absolute Gasteiger partial charge is 0.159 e. The van der Waals surface area contributed by atoms with Crippen LogP contribution in [0.15, 0.2) is 30.3 Å². The third kappa shape index (κ3) is 4.13. The van der Waals surface area contributed by atoms with Gasteiger partial charge in [0.05, 0.1) is 17.3 Å². The first-order valence-corrected chi connectivity index (χ1v) is 11.3. The highest BCUT2D eigenvalue weighted by atomic mass is 16.7. The summed E-state index contributed by atoms with van der Waals surface area (Å²) in [5, 5.41) is 10.6. The lowest BCUT2D eigenvalue weighted by Gasteiger charge is -2.42. The molecule has 0 amide bonds. The molecule has 1 aromatic carbocycles. The van der Waals surface area contributed by atoms with E-state index in [0.717, 1.165) is 56.9 Å². The molecule has 29 heavy (non-hydrogen) atoms. The van der Waals surface area contributed by atoms with Gasteiger partial charge in [0.25, 0.3) is 0 Å². The zero-order valence-electron chi connectivity index (χ0n) is 17.8. The number of ether oxygens (including phenoxy) is 4. The van der Waals surface area contributed by atoms with Crippen LogP contribution in [0.4, 0.5) is 0 Å². The van der Waals surface area contributed by atoms with E-state index in [1.807, 2.05) is 44.6 Å². The van der Waals surface area contributed by atoms with Crippen LogP contribution < -0.4 is 0 Å². The Hall–Kier alpha value is -0.980. The monoisotopic (exact) mass is 404 g/mol. The molecule has 2 aliphatic carbocycles. The van der Waals surface area contributed by atoms with Gasteiger partial charge in [-0.3, -0.25) is 0 Å². The molecule has 0 unspecified atom stereocenters. The van der Waals surface area contributed by atoms with E-state index in [4.69, 9.17) is 18.9 Å².